The molecule has 0 aliphatic heterocycles. The lowest BCUT2D eigenvalue weighted by atomic mass is 10.2. The van der Waals surface area contributed by atoms with Crippen molar-refractivity contribution in [2.45, 2.75) is 6.18 Å². The summed E-state index contributed by atoms with van der Waals surface area (Å²) in [5, 5.41) is 10.6. The number of benzene rings is 1. The molecular formula is C10H6F3N3O3. The first-order valence-corrected chi connectivity index (χ1v) is 4.94. The molecule has 0 aliphatic rings. The van der Waals surface area contributed by atoms with Gasteiger partial charge in [0.05, 0.1) is 16.0 Å². The number of nitro benzene ring substituents is 1. The molecule has 0 fully saturated rings. The zero-order valence-electron chi connectivity index (χ0n) is 9.43. The van der Waals surface area contributed by atoms with Gasteiger partial charge in [0.15, 0.2) is 0 Å². The quantitative estimate of drug-likeness (QED) is 0.587. The molecule has 0 N–H and O–H groups in total. The number of non-ortho nitro benzene ring substituents is 1. The summed E-state index contributed by atoms with van der Waals surface area (Å²) >= 11 is 0. The van der Waals surface area contributed by atoms with Crippen LogP contribution in [0.5, 0.6) is 0 Å². The van der Waals surface area contributed by atoms with E-state index in [0.29, 0.717) is 4.57 Å². The molecular weight excluding hydrogens is 267 g/mol. The highest BCUT2D eigenvalue weighted by molar-refractivity contribution is 5.77. The highest BCUT2D eigenvalue weighted by Gasteiger charge is 2.37. The average Bonchev–Trinajstić information content (AvgIpc) is 2.31. The van der Waals surface area contributed by atoms with Gasteiger partial charge in [-0.1, -0.05) is 0 Å². The third kappa shape index (κ3) is 2.14. The number of nitro groups is 1. The van der Waals surface area contributed by atoms with E-state index in [9.17, 15) is 28.1 Å². The summed E-state index contributed by atoms with van der Waals surface area (Å²) in [4.78, 5) is 24.6. The average molecular weight is 273 g/mol. The molecule has 1 heterocycles. The summed E-state index contributed by atoms with van der Waals surface area (Å²) in [6.07, 6.45) is -4.87. The highest BCUT2D eigenvalue weighted by Crippen LogP contribution is 2.27. The van der Waals surface area contributed by atoms with Crippen molar-refractivity contribution in [3.8, 4) is 0 Å². The van der Waals surface area contributed by atoms with Gasteiger partial charge in [0.2, 0.25) is 5.69 Å². The topological polar surface area (TPSA) is 78.0 Å². The first-order valence-electron chi connectivity index (χ1n) is 4.94. The van der Waals surface area contributed by atoms with E-state index < -0.39 is 22.4 Å². The molecule has 0 unspecified atom stereocenters. The van der Waals surface area contributed by atoms with Crippen LogP contribution in [0, 0.1) is 10.1 Å². The van der Waals surface area contributed by atoms with Crippen molar-refractivity contribution in [2.75, 3.05) is 0 Å². The van der Waals surface area contributed by atoms with Crippen molar-refractivity contribution >= 4 is 16.7 Å². The number of hydrogen-bond donors (Lipinski definition) is 0. The predicted molar refractivity (Wildman–Crippen MR) is 58.6 cm³/mol. The first-order chi connectivity index (χ1) is 8.71. The van der Waals surface area contributed by atoms with Crippen molar-refractivity contribution in [3.63, 3.8) is 0 Å². The Bertz CT molecular complexity index is 736. The van der Waals surface area contributed by atoms with E-state index in [0.717, 1.165) is 25.2 Å². The zero-order chi connectivity index (χ0) is 14.4. The molecule has 0 amide bonds. The Kier molecular flexibility index (Phi) is 2.76. The highest BCUT2D eigenvalue weighted by atomic mass is 19.4. The molecule has 6 nitrogen and oxygen atoms in total. The maximum Gasteiger partial charge on any atom is 0.438 e. The van der Waals surface area contributed by atoms with Crippen LogP contribution in [0.3, 0.4) is 0 Å². The van der Waals surface area contributed by atoms with Crippen LogP contribution in [-0.2, 0) is 13.2 Å². The number of nitrogens with zero attached hydrogens (tertiary/aromatic N) is 3. The van der Waals surface area contributed by atoms with E-state index in [1.165, 1.54) is 0 Å². The van der Waals surface area contributed by atoms with Crippen molar-refractivity contribution < 1.29 is 18.1 Å². The summed E-state index contributed by atoms with van der Waals surface area (Å²) in [5.41, 5.74) is -3.40. The van der Waals surface area contributed by atoms with Gasteiger partial charge >= 0.3 is 6.18 Å². The summed E-state index contributed by atoms with van der Waals surface area (Å²) in [6, 6.07) is 3.10. The van der Waals surface area contributed by atoms with E-state index in [4.69, 9.17) is 0 Å². The first kappa shape index (κ1) is 13.0. The maximum atomic E-state index is 12.6. The SMILES string of the molecule is Cn1c(=O)c(C(F)(F)F)nc2ccc([N+](=O)[O-])cc21. The van der Waals surface area contributed by atoms with Crippen molar-refractivity contribution in [2.24, 2.45) is 7.05 Å². The number of alkyl halides is 3. The third-order valence-corrected chi connectivity index (χ3v) is 2.54. The number of rotatable bonds is 1. The summed E-state index contributed by atoms with van der Waals surface area (Å²) in [6.45, 7) is 0. The normalized spacial score (nSPS) is 11.8. The minimum absolute atomic E-state index is 0.0350. The Hall–Kier alpha value is -2.45. The van der Waals surface area contributed by atoms with E-state index in [2.05, 4.69) is 4.98 Å². The van der Waals surface area contributed by atoms with Gasteiger partial charge in [0.25, 0.3) is 11.2 Å². The summed E-state index contributed by atoms with van der Waals surface area (Å²) in [7, 11) is 1.10. The molecule has 0 aliphatic carbocycles. The van der Waals surface area contributed by atoms with Crippen LogP contribution in [0.2, 0.25) is 0 Å². The Morgan fingerprint density at radius 1 is 1.37 bits per heavy atom. The molecule has 1 aromatic carbocycles. The van der Waals surface area contributed by atoms with E-state index in [-0.39, 0.29) is 16.7 Å². The minimum Gasteiger partial charge on any atom is -0.308 e. The molecule has 19 heavy (non-hydrogen) atoms. The molecule has 0 atom stereocenters. The number of aromatic nitrogens is 2. The Morgan fingerprint density at radius 3 is 2.53 bits per heavy atom. The van der Waals surface area contributed by atoms with E-state index in [1.807, 2.05) is 0 Å². The van der Waals surface area contributed by atoms with Gasteiger partial charge in [-0.25, -0.2) is 4.98 Å². The minimum atomic E-state index is -4.87. The fourth-order valence-corrected chi connectivity index (χ4v) is 1.61. The molecule has 100 valence electrons. The number of hydrogen-bond acceptors (Lipinski definition) is 4. The van der Waals surface area contributed by atoms with Gasteiger partial charge in [0.1, 0.15) is 0 Å². The van der Waals surface area contributed by atoms with E-state index >= 15 is 0 Å². The lowest BCUT2D eigenvalue weighted by molar-refractivity contribution is -0.384. The fourth-order valence-electron chi connectivity index (χ4n) is 1.61. The second-order valence-electron chi connectivity index (χ2n) is 3.75. The van der Waals surface area contributed by atoms with Crippen LogP contribution in [0.4, 0.5) is 18.9 Å². The number of aryl methyl sites for hydroxylation is 1. The molecule has 1 aromatic heterocycles. The van der Waals surface area contributed by atoms with Crippen LogP contribution in [0.15, 0.2) is 23.0 Å². The molecule has 0 saturated carbocycles. The second-order valence-corrected chi connectivity index (χ2v) is 3.75. The monoisotopic (exact) mass is 273 g/mol. The smallest absolute Gasteiger partial charge is 0.308 e. The van der Waals surface area contributed by atoms with Gasteiger partial charge < -0.3 is 4.57 Å². The van der Waals surface area contributed by atoms with Crippen LogP contribution < -0.4 is 5.56 Å². The number of halogens is 3. The van der Waals surface area contributed by atoms with Crippen LogP contribution in [0.1, 0.15) is 5.69 Å². The van der Waals surface area contributed by atoms with E-state index in [1.54, 1.807) is 0 Å². The Balaban J connectivity index is 2.85. The predicted octanol–water partition coefficient (Wildman–Crippen LogP) is 1.86. The lowest BCUT2D eigenvalue weighted by Gasteiger charge is -2.09. The maximum absolute atomic E-state index is 12.6. The second kappa shape index (κ2) is 4.04. The molecule has 0 bridgehead atoms. The van der Waals surface area contributed by atoms with Gasteiger partial charge in [-0.05, 0) is 6.07 Å². The lowest BCUT2D eigenvalue weighted by Crippen LogP contribution is -2.29. The number of fused-ring (bicyclic) bond motifs is 1. The van der Waals surface area contributed by atoms with Crippen molar-refractivity contribution in [1.82, 2.24) is 9.55 Å². The van der Waals surface area contributed by atoms with Gasteiger partial charge in [-0.3, -0.25) is 14.9 Å². The fraction of sp³-hybridized carbons (Fsp3) is 0.200. The van der Waals surface area contributed by atoms with Crippen molar-refractivity contribution in [1.29, 1.82) is 0 Å². The zero-order valence-corrected chi connectivity index (χ0v) is 9.43. The van der Waals surface area contributed by atoms with Crippen molar-refractivity contribution in [3.05, 3.63) is 44.4 Å². The van der Waals surface area contributed by atoms with Gasteiger partial charge in [-0.2, -0.15) is 13.2 Å². The molecule has 0 spiro atoms. The third-order valence-electron chi connectivity index (χ3n) is 2.54. The van der Waals surface area contributed by atoms with Crippen LogP contribution in [0.25, 0.3) is 11.0 Å². The molecule has 0 saturated heterocycles. The largest absolute Gasteiger partial charge is 0.438 e. The summed E-state index contributed by atoms with van der Waals surface area (Å²) < 4.78 is 38.4. The van der Waals surface area contributed by atoms with Gasteiger partial charge in [-0.15, -0.1) is 0 Å². The van der Waals surface area contributed by atoms with Crippen LogP contribution in [-0.4, -0.2) is 14.5 Å². The van der Waals surface area contributed by atoms with Gasteiger partial charge in [0, 0.05) is 19.2 Å². The standard InChI is InChI=1S/C10H6F3N3O3/c1-15-7-4-5(16(18)19)2-3-6(7)14-8(9(15)17)10(11,12)13/h2-4H,1H3. The molecule has 2 aromatic rings. The molecule has 0 radical (unpaired) electrons. The van der Waals surface area contributed by atoms with Crippen LogP contribution >= 0.6 is 0 Å². The summed E-state index contributed by atoms with van der Waals surface area (Å²) in [5.74, 6) is 0. The Labute approximate surface area is 103 Å². The molecule has 2 rings (SSSR count). The Morgan fingerprint density at radius 2 is 2.00 bits per heavy atom. The molecule has 9 heteroatoms.